The van der Waals surface area contributed by atoms with Crippen LogP contribution in [0.25, 0.3) is 10.9 Å². The van der Waals surface area contributed by atoms with Gasteiger partial charge in [-0.05, 0) is 81.5 Å². The predicted octanol–water partition coefficient (Wildman–Crippen LogP) is 2.57. The van der Waals surface area contributed by atoms with E-state index in [4.69, 9.17) is 19.2 Å². The molecule has 8 rings (SSSR count). The summed E-state index contributed by atoms with van der Waals surface area (Å²) in [5.74, 6) is -1.25. The second-order valence-corrected chi connectivity index (χ2v) is 17.9. The summed E-state index contributed by atoms with van der Waals surface area (Å²) in [6.45, 7) is 5.22. The summed E-state index contributed by atoms with van der Waals surface area (Å²) in [4.78, 5) is 64.7. The number of carbonyl (C=O) groups is 4. The maximum Gasteiger partial charge on any atom is 0.318 e. The fraction of sp³-hybridized carbons (Fsp3) is 0.615. The van der Waals surface area contributed by atoms with Gasteiger partial charge in [-0.2, -0.15) is 0 Å². The smallest absolute Gasteiger partial charge is 0.318 e. The molecule has 3 aliphatic carbocycles. The lowest BCUT2D eigenvalue weighted by molar-refractivity contribution is -0.142. The third-order valence-corrected chi connectivity index (χ3v) is 14.0. The normalized spacial score (nSPS) is 30.2. The lowest BCUT2D eigenvalue weighted by atomic mass is 9.96. The first-order valence-electron chi connectivity index (χ1n) is 19.6. The number of nitrogens with one attached hydrogen (secondary N) is 3. The molecule has 5 fully saturated rings. The lowest BCUT2D eigenvalue weighted by Crippen LogP contribution is -2.59. The number of ether oxygens (including phenoxy) is 3. The highest BCUT2D eigenvalue weighted by atomic mass is 32.2. The predicted molar refractivity (Wildman–Crippen MR) is 201 cm³/mol. The topological polar surface area (TPSA) is 186 Å². The van der Waals surface area contributed by atoms with Crippen molar-refractivity contribution in [1.82, 2.24) is 30.1 Å². The minimum atomic E-state index is -3.89. The van der Waals surface area contributed by atoms with Crippen LogP contribution in [0.15, 0.2) is 36.9 Å². The number of urea groups is 1. The average Bonchev–Trinajstić information content (AvgIpc) is 3.94. The second-order valence-electron chi connectivity index (χ2n) is 16.0. The van der Waals surface area contributed by atoms with Gasteiger partial charge in [0.1, 0.15) is 35.2 Å². The van der Waals surface area contributed by atoms with E-state index in [1.54, 1.807) is 12.0 Å². The average molecular weight is 779 g/mol. The first-order valence-corrected chi connectivity index (χ1v) is 21.1. The van der Waals surface area contributed by atoms with Gasteiger partial charge in [0, 0.05) is 37.4 Å². The Hall–Kier alpha value is -4.44. The van der Waals surface area contributed by atoms with Gasteiger partial charge in [-0.15, -0.1) is 6.58 Å². The standard InChI is InChI=1S/C39H50N6O9S/c1-3-25-20-39(25,37(48)43-55(50,51)29-11-12-29)42-35(46)32-19-28-22-45(32)36(47)34(23-7-4-5-8-23)41-38(49)44-15-14-27(21-44)53-16-6-9-31-33(54-28)18-24-17-26(52-2)10-13-30(24)40-31/h3,10,13,17-18,23,25,27-29,32,34H,1,4-9,11-12,14-16,19-22H2,2H3,(H,41,49)(H,42,46)(H,43,48)/t25?,27-,28+,32-,34-,39+/m0/s1. The Labute approximate surface area is 320 Å². The molecule has 3 saturated carbocycles. The van der Waals surface area contributed by atoms with E-state index in [0.717, 1.165) is 36.6 Å². The van der Waals surface area contributed by atoms with Crippen molar-refractivity contribution in [2.75, 3.05) is 33.4 Å². The Morgan fingerprint density at radius 2 is 1.87 bits per heavy atom. The van der Waals surface area contributed by atoms with Gasteiger partial charge in [0.25, 0.3) is 5.91 Å². The number of sulfonamides is 1. The quantitative estimate of drug-likeness (QED) is 0.337. The summed E-state index contributed by atoms with van der Waals surface area (Å²) >= 11 is 0. The Bertz CT molecular complexity index is 1980. The van der Waals surface area contributed by atoms with Crippen LogP contribution in [-0.2, 0) is 35.6 Å². The highest BCUT2D eigenvalue weighted by molar-refractivity contribution is 7.91. The number of aromatic nitrogens is 1. The molecule has 2 saturated heterocycles. The highest BCUT2D eigenvalue weighted by Crippen LogP contribution is 2.46. The Morgan fingerprint density at radius 3 is 2.60 bits per heavy atom. The molecular formula is C39H50N6O9S. The van der Waals surface area contributed by atoms with E-state index in [2.05, 4.69) is 21.9 Å². The number of amides is 5. The Balaban J connectivity index is 1.13. The maximum atomic E-state index is 14.8. The molecule has 6 aliphatic rings. The van der Waals surface area contributed by atoms with Crippen molar-refractivity contribution >= 4 is 44.7 Å². The summed E-state index contributed by atoms with van der Waals surface area (Å²) in [5.41, 5.74) is -0.0480. The monoisotopic (exact) mass is 778 g/mol. The van der Waals surface area contributed by atoms with E-state index in [9.17, 15) is 27.6 Å². The number of methoxy groups -OCH3 is 1. The summed E-state index contributed by atoms with van der Waals surface area (Å²) in [5, 5.41) is 6.10. The number of rotatable bonds is 8. The molecule has 15 nitrogen and oxygen atoms in total. The lowest BCUT2D eigenvalue weighted by Gasteiger charge is -2.33. The van der Waals surface area contributed by atoms with Gasteiger partial charge in [0.15, 0.2) is 0 Å². The minimum Gasteiger partial charge on any atom is -0.497 e. The molecule has 4 heterocycles. The van der Waals surface area contributed by atoms with E-state index in [-0.39, 0.29) is 37.4 Å². The van der Waals surface area contributed by atoms with Crippen LogP contribution in [0.2, 0.25) is 0 Å². The van der Waals surface area contributed by atoms with Crippen LogP contribution in [0.3, 0.4) is 0 Å². The molecule has 3 N–H and O–H groups in total. The van der Waals surface area contributed by atoms with Crippen molar-refractivity contribution in [1.29, 1.82) is 0 Å². The van der Waals surface area contributed by atoms with E-state index in [1.807, 2.05) is 24.3 Å². The van der Waals surface area contributed by atoms with Gasteiger partial charge in [0.05, 0.1) is 36.2 Å². The van der Waals surface area contributed by atoms with Gasteiger partial charge < -0.3 is 34.6 Å². The Morgan fingerprint density at radius 1 is 1.07 bits per heavy atom. The van der Waals surface area contributed by atoms with Crippen LogP contribution in [0.5, 0.6) is 11.5 Å². The molecule has 0 spiro atoms. The summed E-state index contributed by atoms with van der Waals surface area (Å²) < 4.78 is 46.1. The fourth-order valence-corrected chi connectivity index (χ4v) is 10.1. The van der Waals surface area contributed by atoms with E-state index in [1.165, 1.54) is 11.0 Å². The molecule has 5 amide bonds. The number of nitrogens with zero attached hydrogens (tertiary/aromatic N) is 3. The molecule has 1 unspecified atom stereocenters. The van der Waals surface area contributed by atoms with Crippen molar-refractivity contribution in [2.45, 2.75) is 106 Å². The zero-order chi connectivity index (χ0) is 38.5. The number of benzene rings is 1. The maximum absolute atomic E-state index is 14.8. The second kappa shape index (κ2) is 14.9. The summed E-state index contributed by atoms with van der Waals surface area (Å²) in [6, 6.07) is 5.22. The number of fused-ring (bicyclic) bond motifs is 6. The first kappa shape index (κ1) is 37.5. The first-order chi connectivity index (χ1) is 26.5. The Kier molecular flexibility index (Phi) is 10.2. The van der Waals surface area contributed by atoms with Gasteiger partial charge in [0.2, 0.25) is 21.8 Å². The van der Waals surface area contributed by atoms with E-state index >= 15 is 0 Å². The summed E-state index contributed by atoms with van der Waals surface area (Å²) in [6.07, 6.45) is 7.19. The molecule has 296 valence electrons. The highest BCUT2D eigenvalue weighted by Gasteiger charge is 2.62. The van der Waals surface area contributed by atoms with Crippen LogP contribution in [-0.4, -0.2) is 115 Å². The number of carbonyl (C=O) groups excluding carboxylic acids is 4. The van der Waals surface area contributed by atoms with Gasteiger partial charge in [-0.3, -0.25) is 19.1 Å². The van der Waals surface area contributed by atoms with Crippen molar-refractivity contribution in [2.24, 2.45) is 11.8 Å². The van der Waals surface area contributed by atoms with Crippen LogP contribution < -0.4 is 24.8 Å². The fourth-order valence-electron chi connectivity index (χ4n) is 8.77. The SMILES string of the molecule is C=CC1C[C@]1(NC(=O)[C@@H]1C[C@@H]2CN1C(=O)[C@H](C1CCCC1)NC(=O)N1CC[C@@H](C1)OCCCc1nc3ccc(OC)cc3cc1O2)C(=O)NS(=O)(=O)C1CC1. The minimum absolute atomic E-state index is 0.0423. The molecule has 2 aromatic rings. The molecule has 1 aromatic carbocycles. The zero-order valence-electron chi connectivity index (χ0n) is 31.2. The molecule has 3 aliphatic heterocycles. The van der Waals surface area contributed by atoms with Crippen molar-refractivity contribution < 1.29 is 41.8 Å². The molecule has 6 atom stereocenters. The van der Waals surface area contributed by atoms with Gasteiger partial charge >= 0.3 is 6.03 Å². The van der Waals surface area contributed by atoms with Crippen LogP contribution in [0.4, 0.5) is 4.79 Å². The third-order valence-electron chi connectivity index (χ3n) is 12.2. The van der Waals surface area contributed by atoms with Crippen molar-refractivity contribution in [3.8, 4) is 11.5 Å². The van der Waals surface area contributed by atoms with Crippen molar-refractivity contribution in [3.05, 3.63) is 42.6 Å². The number of hydrogen-bond donors (Lipinski definition) is 3. The molecule has 4 bridgehead atoms. The molecule has 55 heavy (non-hydrogen) atoms. The largest absolute Gasteiger partial charge is 0.497 e. The molecule has 1 aromatic heterocycles. The third kappa shape index (κ3) is 7.59. The zero-order valence-corrected chi connectivity index (χ0v) is 32.0. The van der Waals surface area contributed by atoms with Crippen LogP contribution in [0.1, 0.15) is 69.9 Å². The van der Waals surface area contributed by atoms with Crippen LogP contribution >= 0.6 is 0 Å². The molecule has 0 radical (unpaired) electrons. The van der Waals surface area contributed by atoms with E-state index < -0.39 is 62.6 Å². The van der Waals surface area contributed by atoms with E-state index in [0.29, 0.717) is 69.0 Å². The van der Waals surface area contributed by atoms with Gasteiger partial charge in [-0.25, -0.2) is 18.2 Å². The van der Waals surface area contributed by atoms with Gasteiger partial charge in [-0.1, -0.05) is 18.9 Å². The molecular weight excluding hydrogens is 729 g/mol. The molecule has 16 heteroatoms. The summed E-state index contributed by atoms with van der Waals surface area (Å²) in [7, 11) is -2.29. The number of aryl methyl sites for hydroxylation is 1. The van der Waals surface area contributed by atoms with Crippen molar-refractivity contribution in [3.63, 3.8) is 0 Å². The van der Waals surface area contributed by atoms with Crippen LogP contribution in [0, 0.1) is 11.8 Å². The number of pyridine rings is 1. The number of hydrogen-bond acceptors (Lipinski definition) is 10.